The summed E-state index contributed by atoms with van der Waals surface area (Å²) < 4.78 is 6.45. The molecular formula is C61H43NO. The molecular weight excluding hydrogens is 763 g/mol. The Morgan fingerprint density at radius 1 is 0.317 bits per heavy atom. The molecule has 0 amide bonds. The number of fused-ring (bicyclic) bond motifs is 8. The second-order valence-corrected chi connectivity index (χ2v) is 17.3. The summed E-state index contributed by atoms with van der Waals surface area (Å²) in [5.74, 6) is 0. The smallest absolute Gasteiger partial charge is 0.143 e. The Kier molecular flexibility index (Phi) is 8.55. The van der Waals surface area contributed by atoms with Gasteiger partial charge in [0.15, 0.2) is 0 Å². The third kappa shape index (κ3) is 6.17. The minimum absolute atomic E-state index is 0.187. The first-order valence-electron chi connectivity index (χ1n) is 21.8. The van der Waals surface area contributed by atoms with Crippen molar-refractivity contribution in [3.8, 4) is 55.6 Å². The molecule has 0 saturated heterocycles. The van der Waals surface area contributed by atoms with Crippen molar-refractivity contribution in [2.75, 3.05) is 4.90 Å². The number of para-hydroxylation sites is 1. The number of rotatable bonds is 7. The standard InChI is InChI=1S/C61H43NO/c1-61(2)57-37-46(41-15-7-4-8-16-41)29-35-51(57)52-36-34-49(38-58(52)61)62(47-30-25-44(26-31-47)43-23-21-42(22-24-43)40-13-5-3-6-14-40)48-32-27-45(28-33-48)55-39-56-53-18-11-12-20-59(53)63-60(56)54-19-10-9-17-50(54)55/h3-39H,1-2H3. The Morgan fingerprint density at radius 3 is 1.40 bits per heavy atom. The summed E-state index contributed by atoms with van der Waals surface area (Å²) in [6.07, 6.45) is 0. The van der Waals surface area contributed by atoms with Crippen LogP contribution in [-0.2, 0) is 5.41 Å². The van der Waals surface area contributed by atoms with Crippen LogP contribution in [0, 0.1) is 0 Å². The van der Waals surface area contributed by atoms with Crippen LogP contribution in [0.4, 0.5) is 17.1 Å². The quantitative estimate of drug-likeness (QED) is 0.160. The number of hydrogen-bond donors (Lipinski definition) is 0. The number of hydrogen-bond acceptors (Lipinski definition) is 2. The average molecular weight is 806 g/mol. The molecule has 0 unspecified atom stereocenters. The Morgan fingerprint density at radius 2 is 0.762 bits per heavy atom. The molecule has 1 aliphatic rings. The van der Waals surface area contributed by atoms with E-state index in [0.29, 0.717) is 0 Å². The van der Waals surface area contributed by atoms with Gasteiger partial charge in [-0.15, -0.1) is 0 Å². The Balaban J connectivity index is 0.957. The summed E-state index contributed by atoms with van der Waals surface area (Å²) in [6, 6.07) is 81.6. The lowest BCUT2D eigenvalue weighted by Crippen LogP contribution is -2.16. The van der Waals surface area contributed by atoms with E-state index in [-0.39, 0.29) is 5.41 Å². The van der Waals surface area contributed by atoms with Gasteiger partial charge in [0.25, 0.3) is 0 Å². The van der Waals surface area contributed by atoms with Crippen molar-refractivity contribution in [1.82, 2.24) is 0 Å². The van der Waals surface area contributed by atoms with Crippen LogP contribution >= 0.6 is 0 Å². The van der Waals surface area contributed by atoms with Gasteiger partial charge in [-0.2, -0.15) is 0 Å². The maximum atomic E-state index is 6.45. The second kappa shape index (κ2) is 14.6. The summed E-state index contributed by atoms with van der Waals surface area (Å²) in [7, 11) is 0. The lowest BCUT2D eigenvalue weighted by molar-refractivity contribution is 0.660. The van der Waals surface area contributed by atoms with E-state index < -0.39 is 0 Å². The molecule has 1 aromatic heterocycles. The van der Waals surface area contributed by atoms with Gasteiger partial charge in [-0.25, -0.2) is 0 Å². The lowest BCUT2D eigenvalue weighted by atomic mass is 9.81. The molecule has 2 heteroatoms. The van der Waals surface area contributed by atoms with Crippen LogP contribution in [0.5, 0.6) is 0 Å². The highest BCUT2D eigenvalue weighted by atomic mass is 16.3. The van der Waals surface area contributed by atoms with E-state index in [1.807, 2.05) is 6.07 Å². The van der Waals surface area contributed by atoms with Gasteiger partial charge in [-0.05, 0) is 127 Å². The Labute approximate surface area is 368 Å². The summed E-state index contributed by atoms with van der Waals surface area (Å²) in [5, 5.41) is 4.57. The third-order valence-electron chi connectivity index (χ3n) is 13.3. The maximum Gasteiger partial charge on any atom is 0.143 e. The zero-order chi connectivity index (χ0) is 42.1. The molecule has 0 saturated carbocycles. The molecule has 1 aliphatic carbocycles. The molecule has 1 heterocycles. The molecule has 0 fully saturated rings. The third-order valence-corrected chi connectivity index (χ3v) is 13.3. The molecule has 0 bridgehead atoms. The molecule has 63 heavy (non-hydrogen) atoms. The van der Waals surface area contributed by atoms with Crippen LogP contribution in [0.3, 0.4) is 0 Å². The molecule has 298 valence electrons. The molecule has 10 aromatic carbocycles. The van der Waals surface area contributed by atoms with Crippen molar-refractivity contribution in [2.24, 2.45) is 0 Å². The maximum absolute atomic E-state index is 6.45. The lowest BCUT2D eigenvalue weighted by Gasteiger charge is -2.28. The van der Waals surface area contributed by atoms with Gasteiger partial charge in [0.2, 0.25) is 0 Å². The summed E-state index contributed by atoms with van der Waals surface area (Å²) in [6.45, 7) is 4.75. The van der Waals surface area contributed by atoms with E-state index in [2.05, 4.69) is 237 Å². The first-order valence-corrected chi connectivity index (χ1v) is 21.8. The van der Waals surface area contributed by atoms with Crippen molar-refractivity contribution < 1.29 is 4.42 Å². The Bertz CT molecular complexity index is 3490. The van der Waals surface area contributed by atoms with Crippen LogP contribution in [0.15, 0.2) is 229 Å². The summed E-state index contributed by atoms with van der Waals surface area (Å²) >= 11 is 0. The van der Waals surface area contributed by atoms with Gasteiger partial charge in [0, 0.05) is 38.6 Å². The summed E-state index contributed by atoms with van der Waals surface area (Å²) in [4.78, 5) is 2.41. The zero-order valence-electron chi connectivity index (χ0n) is 35.2. The highest BCUT2D eigenvalue weighted by molar-refractivity contribution is 6.19. The molecule has 2 nitrogen and oxygen atoms in total. The second-order valence-electron chi connectivity index (χ2n) is 17.3. The van der Waals surface area contributed by atoms with Crippen LogP contribution in [0.25, 0.3) is 88.3 Å². The van der Waals surface area contributed by atoms with Crippen molar-refractivity contribution in [3.05, 3.63) is 236 Å². The minimum Gasteiger partial charge on any atom is -0.455 e. The van der Waals surface area contributed by atoms with E-state index in [4.69, 9.17) is 4.42 Å². The number of nitrogens with zero attached hydrogens (tertiary/aromatic N) is 1. The minimum atomic E-state index is -0.187. The van der Waals surface area contributed by atoms with E-state index in [1.165, 1.54) is 66.6 Å². The molecule has 0 N–H and O–H groups in total. The molecule has 0 spiro atoms. The van der Waals surface area contributed by atoms with Crippen molar-refractivity contribution in [3.63, 3.8) is 0 Å². The molecule has 0 atom stereocenters. The van der Waals surface area contributed by atoms with E-state index >= 15 is 0 Å². The van der Waals surface area contributed by atoms with Gasteiger partial charge < -0.3 is 9.32 Å². The van der Waals surface area contributed by atoms with Crippen molar-refractivity contribution in [2.45, 2.75) is 19.3 Å². The first-order chi connectivity index (χ1) is 31.0. The SMILES string of the molecule is CC1(C)c2cc(-c3ccccc3)ccc2-c2ccc(N(c3ccc(-c4ccc(-c5ccccc5)cc4)cc3)c3ccc(-c4cc5c6ccccc6oc5c5ccccc45)cc3)cc21. The fraction of sp³-hybridized carbons (Fsp3) is 0.0492. The number of furan rings is 1. The van der Waals surface area contributed by atoms with E-state index in [1.54, 1.807) is 0 Å². The molecule has 12 rings (SSSR count). The fourth-order valence-corrected chi connectivity index (χ4v) is 9.99. The van der Waals surface area contributed by atoms with Crippen molar-refractivity contribution >= 4 is 49.8 Å². The topological polar surface area (TPSA) is 16.4 Å². The van der Waals surface area contributed by atoms with Crippen LogP contribution < -0.4 is 4.90 Å². The summed E-state index contributed by atoms with van der Waals surface area (Å²) in [5.41, 5.74) is 20.0. The largest absolute Gasteiger partial charge is 0.455 e. The Hall–Kier alpha value is -7.94. The molecule has 11 aromatic rings. The highest BCUT2D eigenvalue weighted by Gasteiger charge is 2.36. The molecule has 0 radical (unpaired) electrons. The highest BCUT2D eigenvalue weighted by Crippen LogP contribution is 2.52. The van der Waals surface area contributed by atoms with Gasteiger partial charge in [-0.1, -0.05) is 184 Å². The monoisotopic (exact) mass is 805 g/mol. The van der Waals surface area contributed by atoms with Gasteiger partial charge >= 0.3 is 0 Å². The van der Waals surface area contributed by atoms with Crippen molar-refractivity contribution in [1.29, 1.82) is 0 Å². The van der Waals surface area contributed by atoms with Gasteiger partial charge in [0.1, 0.15) is 11.2 Å². The first kappa shape index (κ1) is 36.9. The predicted molar refractivity (Wildman–Crippen MR) is 265 cm³/mol. The average Bonchev–Trinajstić information content (AvgIpc) is 3.84. The zero-order valence-corrected chi connectivity index (χ0v) is 35.2. The van der Waals surface area contributed by atoms with Gasteiger partial charge in [-0.3, -0.25) is 0 Å². The van der Waals surface area contributed by atoms with Crippen LogP contribution in [-0.4, -0.2) is 0 Å². The fourth-order valence-electron chi connectivity index (χ4n) is 9.99. The van der Waals surface area contributed by atoms with Gasteiger partial charge in [0.05, 0.1) is 0 Å². The molecule has 0 aliphatic heterocycles. The normalized spacial score (nSPS) is 12.7. The van der Waals surface area contributed by atoms with E-state index in [0.717, 1.165) is 50.0 Å². The number of anilines is 3. The van der Waals surface area contributed by atoms with Crippen LogP contribution in [0.2, 0.25) is 0 Å². The number of benzene rings is 10. The van der Waals surface area contributed by atoms with Crippen LogP contribution in [0.1, 0.15) is 25.0 Å². The predicted octanol–water partition coefficient (Wildman–Crippen LogP) is 17.2. The van der Waals surface area contributed by atoms with E-state index in [9.17, 15) is 0 Å².